The number of urea groups is 1. The molecule has 2 aliphatic rings. The second kappa shape index (κ2) is 8.49. The predicted octanol–water partition coefficient (Wildman–Crippen LogP) is 4.45. The van der Waals surface area contributed by atoms with Crippen molar-refractivity contribution in [2.75, 3.05) is 31.6 Å². The quantitative estimate of drug-likeness (QED) is 0.668. The minimum absolute atomic E-state index is 0.0362. The van der Waals surface area contributed by atoms with Gasteiger partial charge in [0, 0.05) is 49.5 Å². The van der Waals surface area contributed by atoms with Gasteiger partial charge < -0.3 is 19.7 Å². The van der Waals surface area contributed by atoms with Crippen molar-refractivity contribution in [2.24, 2.45) is 0 Å². The molecule has 0 aliphatic carbocycles. The fraction of sp³-hybridized carbons (Fsp3) is 0.320. The predicted molar refractivity (Wildman–Crippen MR) is 124 cm³/mol. The summed E-state index contributed by atoms with van der Waals surface area (Å²) in [5.41, 5.74) is 5.11. The number of nitrogens with zero attached hydrogens (tertiary/aromatic N) is 4. The first kappa shape index (κ1) is 20.3. The van der Waals surface area contributed by atoms with Crippen molar-refractivity contribution in [3.05, 3.63) is 66.1 Å². The number of carbonyl (C=O) groups excluding carboxylic acids is 2. The monoisotopic (exact) mass is 429 g/mol. The molecule has 32 heavy (non-hydrogen) atoms. The summed E-state index contributed by atoms with van der Waals surface area (Å²) in [5.74, 6) is -0.0362. The Kier molecular flexibility index (Phi) is 5.39. The number of piperidine rings is 1. The molecule has 7 heteroatoms. The minimum atomic E-state index is -0.0401. The number of benzene rings is 1. The molecule has 0 bridgehead atoms. The smallest absolute Gasteiger partial charge is 0.320 e. The Labute approximate surface area is 187 Å². The number of aromatic amines is 1. The van der Waals surface area contributed by atoms with Crippen LogP contribution in [0.15, 0.2) is 54.9 Å². The zero-order valence-electron chi connectivity index (χ0n) is 18.3. The topological polar surface area (TPSA) is 72.5 Å². The van der Waals surface area contributed by atoms with Crippen LogP contribution in [0.2, 0.25) is 0 Å². The van der Waals surface area contributed by atoms with E-state index in [4.69, 9.17) is 0 Å². The van der Waals surface area contributed by atoms with E-state index in [9.17, 15) is 9.59 Å². The number of anilines is 2. The maximum absolute atomic E-state index is 13.4. The number of para-hydroxylation sites is 1. The number of Topliss-reactive ketones (excluding diaryl/α,β-unsaturated/α-hetero) is 1. The molecule has 1 aromatic carbocycles. The Hall–Kier alpha value is -3.61. The fourth-order valence-corrected chi connectivity index (χ4v) is 4.72. The van der Waals surface area contributed by atoms with Crippen molar-refractivity contribution in [1.29, 1.82) is 0 Å². The molecule has 1 fully saturated rings. The lowest BCUT2D eigenvalue weighted by atomic mass is 10.0. The van der Waals surface area contributed by atoms with Crippen LogP contribution in [0.5, 0.6) is 0 Å². The number of carbonyl (C=O) groups is 2. The van der Waals surface area contributed by atoms with Gasteiger partial charge in [0.1, 0.15) is 0 Å². The van der Waals surface area contributed by atoms with Crippen molar-refractivity contribution in [3.63, 3.8) is 0 Å². The van der Waals surface area contributed by atoms with Crippen LogP contribution in [-0.4, -0.2) is 58.3 Å². The molecule has 2 amide bonds. The summed E-state index contributed by atoms with van der Waals surface area (Å²) in [6.07, 6.45) is 6.71. The summed E-state index contributed by atoms with van der Waals surface area (Å²) in [4.78, 5) is 39.7. The van der Waals surface area contributed by atoms with Gasteiger partial charge in [-0.1, -0.05) is 18.2 Å². The molecule has 0 unspecified atom stereocenters. The number of hydrogen-bond acceptors (Lipinski definition) is 4. The number of ketones is 1. The van der Waals surface area contributed by atoms with Crippen LogP contribution < -0.4 is 4.90 Å². The van der Waals surface area contributed by atoms with Gasteiger partial charge in [-0.15, -0.1) is 0 Å². The minimum Gasteiger partial charge on any atom is -0.355 e. The highest BCUT2D eigenvalue weighted by atomic mass is 16.2. The number of hydrogen-bond donors (Lipinski definition) is 1. The molecular formula is C25H27N5O2. The van der Waals surface area contributed by atoms with Crippen LogP contribution in [0.4, 0.5) is 16.2 Å². The number of amides is 2. The average Bonchev–Trinajstić information content (AvgIpc) is 3.25. The first-order valence-corrected chi connectivity index (χ1v) is 11.1. The van der Waals surface area contributed by atoms with Crippen molar-refractivity contribution in [3.8, 4) is 11.3 Å². The largest absolute Gasteiger partial charge is 0.355 e. The van der Waals surface area contributed by atoms with E-state index in [2.05, 4.69) is 9.97 Å². The standard InChI is InChI=1S/C25H27N5O2/c1-28(19-8-4-2-5-9-19)24-22-20(27-23(24)18-10-12-26-13-11-18)16-30(17-21(22)31)25(32)29-14-6-3-7-15-29/h2,4-5,8-13,27H,3,6-7,14-17H2,1H3. The summed E-state index contributed by atoms with van der Waals surface area (Å²) in [6, 6.07) is 13.8. The van der Waals surface area contributed by atoms with Crippen LogP contribution in [-0.2, 0) is 6.54 Å². The Morgan fingerprint density at radius 1 is 0.969 bits per heavy atom. The van der Waals surface area contributed by atoms with Gasteiger partial charge in [-0.3, -0.25) is 9.78 Å². The summed E-state index contributed by atoms with van der Waals surface area (Å²) in [7, 11) is 1.97. The molecule has 1 saturated heterocycles. The van der Waals surface area contributed by atoms with Crippen molar-refractivity contribution < 1.29 is 9.59 Å². The van der Waals surface area contributed by atoms with Crippen LogP contribution in [0, 0.1) is 0 Å². The van der Waals surface area contributed by atoms with E-state index in [1.54, 1.807) is 17.3 Å². The number of pyridine rings is 1. The highest BCUT2D eigenvalue weighted by Gasteiger charge is 2.35. The maximum Gasteiger partial charge on any atom is 0.320 e. The number of rotatable bonds is 3. The summed E-state index contributed by atoms with van der Waals surface area (Å²) in [5, 5.41) is 0. The Morgan fingerprint density at radius 3 is 2.41 bits per heavy atom. The zero-order valence-corrected chi connectivity index (χ0v) is 18.3. The number of H-pyrrole nitrogens is 1. The van der Waals surface area contributed by atoms with Gasteiger partial charge >= 0.3 is 6.03 Å². The third kappa shape index (κ3) is 3.64. The van der Waals surface area contributed by atoms with Gasteiger partial charge in [-0.05, 0) is 43.5 Å². The number of aromatic nitrogens is 2. The highest BCUT2D eigenvalue weighted by Crippen LogP contribution is 2.41. The normalized spacial score (nSPS) is 16.1. The lowest BCUT2D eigenvalue weighted by Crippen LogP contribution is -2.48. The molecule has 1 N–H and O–H groups in total. The van der Waals surface area contributed by atoms with Gasteiger partial charge in [0.15, 0.2) is 5.78 Å². The number of likely N-dealkylation sites (tertiary alicyclic amines) is 1. The van der Waals surface area contributed by atoms with E-state index in [-0.39, 0.29) is 18.4 Å². The maximum atomic E-state index is 13.4. The molecule has 4 heterocycles. The Morgan fingerprint density at radius 2 is 1.69 bits per heavy atom. The van der Waals surface area contributed by atoms with Gasteiger partial charge in [0.25, 0.3) is 0 Å². The number of fused-ring (bicyclic) bond motifs is 1. The Bertz CT molecular complexity index is 1120. The first-order valence-electron chi connectivity index (χ1n) is 11.1. The van der Waals surface area contributed by atoms with Crippen LogP contribution in [0.25, 0.3) is 11.3 Å². The SMILES string of the molecule is CN(c1ccccc1)c1c(-c2ccncc2)[nH]c2c1C(=O)CN(C(=O)N1CCCCC1)C2. The van der Waals surface area contributed by atoms with Crippen LogP contribution in [0.1, 0.15) is 35.3 Å². The lowest BCUT2D eigenvalue weighted by Gasteiger charge is -2.34. The summed E-state index contributed by atoms with van der Waals surface area (Å²) in [6.45, 7) is 2.04. The van der Waals surface area contributed by atoms with E-state index >= 15 is 0 Å². The van der Waals surface area contributed by atoms with E-state index < -0.39 is 0 Å². The molecular weight excluding hydrogens is 402 g/mol. The van der Waals surface area contributed by atoms with Gasteiger partial charge in [-0.2, -0.15) is 0 Å². The van der Waals surface area contributed by atoms with Crippen molar-refractivity contribution in [2.45, 2.75) is 25.8 Å². The fourth-order valence-electron chi connectivity index (χ4n) is 4.72. The molecule has 0 radical (unpaired) electrons. The molecule has 164 valence electrons. The first-order chi connectivity index (χ1) is 15.6. The third-order valence-electron chi connectivity index (χ3n) is 6.36. The van der Waals surface area contributed by atoms with E-state index in [1.165, 1.54) is 0 Å². The lowest BCUT2D eigenvalue weighted by molar-refractivity contribution is 0.0881. The second-order valence-electron chi connectivity index (χ2n) is 8.44. The molecule has 2 aliphatic heterocycles. The van der Waals surface area contributed by atoms with Crippen LogP contribution in [0.3, 0.4) is 0 Å². The molecule has 0 saturated carbocycles. The molecule has 0 spiro atoms. The van der Waals surface area contributed by atoms with Crippen LogP contribution >= 0.6 is 0 Å². The van der Waals surface area contributed by atoms with Crippen molar-refractivity contribution in [1.82, 2.24) is 19.8 Å². The molecule has 3 aromatic rings. The van der Waals surface area contributed by atoms with Gasteiger partial charge in [-0.25, -0.2) is 4.79 Å². The third-order valence-corrected chi connectivity index (χ3v) is 6.36. The molecule has 7 nitrogen and oxygen atoms in total. The average molecular weight is 430 g/mol. The van der Waals surface area contributed by atoms with Gasteiger partial charge in [0.2, 0.25) is 0 Å². The molecule has 5 rings (SSSR count). The van der Waals surface area contributed by atoms with E-state index in [0.717, 1.165) is 60.7 Å². The second-order valence-corrected chi connectivity index (χ2v) is 8.44. The van der Waals surface area contributed by atoms with Gasteiger partial charge in [0.05, 0.1) is 30.0 Å². The van der Waals surface area contributed by atoms with E-state index in [1.807, 2.05) is 59.3 Å². The zero-order chi connectivity index (χ0) is 22.1. The molecule has 0 atom stereocenters. The molecule has 2 aromatic heterocycles. The van der Waals surface area contributed by atoms with Crippen molar-refractivity contribution >= 4 is 23.2 Å². The Balaban J connectivity index is 1.56. The van der Waals surface area contributed by atoms with E-state index in [0.29, 0.717) is 12.1 Å². The number of nitrogens with one attached hydrogen (secondary N) is 1. The summed E-state index contributed by atoms with van der Waals surface area (Å²) < 4.78 is 0. The highest BCUT2D eigenvalue weighted by molar-refractivity contribution is 6.09. The summed E-state index contributed by atoms with van der Waals surface area (Å²) >= 11 is 0.